The molecule has 0 spiro atoms. The summed E-state index contributed by atoms with van der Waals surface area (Å²) in [5, 5.41) is 9.65. The Morgan fingerprint density at radius 3 is 2.38 bits per heavy atom. The third-order valence-electron chi connectivity index (χ3n) is 10.8. The van der Waals surface area contributed by atoms with Gasteiger partial charge in [0.15, 0.2) is 5.82 Å². The SMILES string of the molecule is CC1C2CC[C@H](C[C@@H]2n2c(=O)c(N3CC[C@H]3C(=O)O)nc3ccccc32)N1C1C[C@H]2CCCC[C@@H](C1)C2. The number of benzene rings is 1. The van der Waals surface area contributed by atoms with Crippen LogP contribution in [-0.2, 0) is 4.79 Å². The van der Waals surface area contributed by atoms with Crippen molar-refractivity contribution in [1.29, 1.82) is 0 Å². The average molecular weight is 505 g/mol. The molecule has 3 aliphatic heterocycles. The first kappa shape index (κ1) is 23.7. The maximum absolute atomic E-state index is 14.1. The van der Waals surface area contributed by atoms with Crippen LogP contribution in [0.5, 0.6) is 0 Å². The van der Waals surface area contributed by atoms with Crippen molar-refractivity contribution < 1.29 is 9.90 Å². The minimum Gasteiger partial charge on any atom is -0.480 e. The van der Waals surface area contributed by atoms with Crippen LogP contribution in [0.15, 0.2) is 29.1 Å². The predicted molar refractivity (Wildman–Crippen MR) is 144 cm³/mol. The summed E-state index contributed by atoms with van der Waals surface area (Å²) in [5.41, 5.74) is 1.57. The van der Waals surface area contributed by atoms with E-state index in [0.29, 0.717) is 42.8 Å². The fourth-order valence-electron chi connectivity index (χ4n) is 9.13. The van der Waals surface area contributed by atoms with Crippen molar-refractivity contribution in [2.24, 2.45) is 17.8 Å². The summed E-state index contributed by atoms with van der Waals surface area (Å²) in [4.78, 5) is 35.2. The van der Waals surface area contributed by atoms with Crippen molar-refractivity contribution in [3.8, 4) is 0 Å². The number of fused-ring (bicyclic) bond motifs is 6. The molecule has 0 amide bonds. The number of rotatable bonds is 4. The fourth-order valence-corrected chi connectivity index (χ4v) is 9.13. The molecule has 6 fully saturated rings. The molecule has 1 aromatic carbocycles. The van der Waals surface area contributed by atoms with Gasteiger partial charge in [-0.1, -0.05) is 37.8 Å². The van der Waals surface area contributed by atoms with Gasteiger partial charge in [0.2, 0.25) is 0 Å². The number of carboxylic acid groups (broad SMARTS) is 1. The standard InChI is InChI=1S/C30H40N4O3/c1-18-23-11-10-21(33(18)22-15-19-6-2-3-7-20(14-19)16-22)17-27(23)34-25-9-5-4-8-24(25)31-28(29(34)35)32-13-12-26(32)30(36)37/h4-5,8-9,18-23,26-27H,2-3,6-7,10-17H2,1H3,(H,36,37)/t18?,19-,20+,21-,22?,23?,26+,27+/m1/s1. The van der Waals surface area contributed by atoms with Gasteiger partial charge in [-0.25, -0.2) is 9.78 Å². The van der Waals surface area contributed by atoms with Gasteiger partial charge in [-0.2, -0.15) is 0 Å². The van der Waals surface area contributed by atoms with Gasteiger partial charge >= 0.3 is 5.97 Å². The van der Waals surface area contributed by atoms with Crippen LogP contribution >= 0.6 is 0 Å². The van der Waals surface area contributed by atoms with E-state index < -0.39 is 12.0 Å². The molecule has 198 valence electrons. The Bertz CT molecular complexity index is 1240. The van der Waals surface area contributed by atoms with E-state index in [-0.39, 0.29) is 11.6 Å². The molecule has 8 atom stereocenters. The Kier molecular flexibility index (Phi) is 5.83. The molecule has 3 unspecified atom stereocenters. The molecule has 1 N–H and O–H groups in total. The Balaban J connectivity index is 1.24. The summed E-state index contributed by atoms with van der Waals surface area (Å²) in [5.74, 6) is 1.68. The second kappa shape index (κ2) is 9.11. The Hall–Kier alpha value is -2.41. The van der Waals surface area contributed by atoms with E-state index in [1.807, 2.05) is 28.8 Å². The van der Waals surface area contributed by atoms with E-state index in [0.717, 1.165) is 35.7 Å². The molecular weight excluding hydrogens is 464 g/mol. The molecule has 3 saturated carbocycles. The van der Waals surface area contributed by atoms with Crippen LogP contribution in [-0.4, -0.2) is 56.2 Å². The van der Waals surface area contributed by atoms with Crippen LogP contribution in [0.1, 0.15) is 83.6 Å². The number of carboxylic acids is 1. The van der Waals surface area contributed by atoms with E-state index in [2.05, 4.69) is 11.8 Å². The molecule has 8 rings (SSSR count). The quantitative estimate of drug-likeness (QED) is 0.642. The van der Waals surface area contributed by atoms with Crippen molar-refractivity contribution in [2.45, 2.75) is 108 Å². The van der Waals surface area contributed by atoms with E-state index in [1.165, 1.54) is 51.4 Å². The molecular formula is C30H40N4O3. The smallest absolute Gasteiger partial charge is 0.326 e. The normalized spacial score (nSPS) is 37.8. The fraction of sp³-hybridized carbons (Fsp3) is 0.700. The van der Waals surface area contributed by atoms with E-state index >= 15 is 0 Å². The number of aliphatic carboxylic acids is 1. The van der Waals surface area contributed by atoms with Crippen molar-refractivity contribution in [2.75, 3.05) is 11.4 Å². The maximum Gasteiger partial charge on any atom is 0.326 e. The molecule has 37 heavy (non-hydrogen) atoms. The summed E-state index contributed by atoms with van der Waals surface area (Å²) >= 11 is 0. The molecule has 0 radical (unpaired) electrons. The first-order valence-corrected chi connectivity index (χ1v) is 14.8. The molecule has 3 saturated heterocycles. The Morgan fingerprint density at radius 1 is 0.946 bits per heavy atom. The highest BCUT2D eigenvalue weighted by Gasteiger charge is 2.50. The van der Waals surface area contributed by atoms with Crippen LogP contribution in [0.4, 0.5) is 5.82 Å². The van der Waals surface area contributed by atoms with Crippen molar-refractivity contribution >= 4 is 22.8 Å². The lowest BCUT2D eigenvalue weighted by Gasteiger charge is -2.58. The van der Waals surface area contributed by atoms with Crippen molar-refractivity contribution in [3.63, 3.8) is 0 Å². The largest absolute Gasteiger partial charge is 0.480 e. The number of para-hydroxylation sites is 2. The lowest BCUT2D eigenvalue weighted by Crippen LogP contribution is -2.62. The Labute approximate surface area is 218 Å². The minimum absolute atomic E-state index is 0.107. The highest BCUT2D eigenvalue weighted by atomic mass is 16.4. The van der Waals surface area contributed by atoms with Gasteiger partial charge < -0.3 is 14.6 Å². The van der Waals surface area contributed by atoms with Crippen LogP contribution in [0.2, 0.25) is 0 Å². The molecule has 2 aromatic rings. The number of aromatic nitrogens is 2. The first-order chi connectivity index (χ1) is 18.0. The summed E-state index contributed by atoms with van der Waals surface area (Å²) in [7, 11) is 0. The Morgan fingerprint density at radius 2 is 1.70 bits per heavy atom. The number of piperidine rings is 2. The number of hydrogen-bond acceptors (Lipinski definition) is 5. The lowest BCUT2D eigenvalue weighted by atomic mass is 9.68. The zero-order chi connectivity index (χ0) is 25.3. The molecule has 4 bridgehead atoms. The summed E-state index contributed by atoms with van der Waals surface area (Å²) in [6.07, 6.45) is 13.8. The van der Waals surface area contributed by atoms with E-state index in [4.69, 9.17) is 4.98 Å². The van der Waals surface area contributed by atoms with Gasteiger partial charge in [-0.3, -0.25) is 9.69 Å². The second-order valence-corrected chi connectivity index (χ2v) is 12.7. The molecule has 6 aliphatic rings. The second-order valence-electron chi connectivity index (χ2n) is 12.7. The van der Waals surface area contributed by atoms with Gasteiger partial charge in [-0.15, -0.1) is 0 Å². The molecule has 7 nitrogen and oxygen atoms in total. The van der Waals surface area contributed by atoms with E-state index in [9.17, 15) is 14.7 Å². The van der Waals surface area contributed by atoms with Gasteiger partial charge in [0, 0.05) is 30.7 Å². The highest BCUT2D eigenvalue weighted by Crippen LogP contribution is 2.50. The summed E-state index contributed by atoms with van der Waals surface area (Å²) in [6, 6.07) is 9.10. The third kappa shape index (κ3) is 3.83. The summed E-state index contributed by atoms with van der Waals surface area (Å²) in [6.45, 7) is 2.99. The molecule has 1 aromatic heterocycles. The maximum atomic E-state index is 14.1. The number of anilines is 1. The summed E-state index contributed by atoms with van der Waals surface area (Å²) < 4.78 is 2.03. The number of nitrogens with zero attached hydrogens (tertiary/aromatic N) is 4. The monoisotopic (exact) mass is 504 g/mol. The zero-order valence-electron chi connectivity index (χ0n) is 22.0. The van der Waals surface area contributed by atoms with E-state index in [1.54, 1.807) is 4.90 Å². The van der Waals surface area contributed by atoms with Crippen LogP contribution < -0.4 is 10.5 Å². The minimum atomic E-state index is -0.874. The zero-order valence-corrected chi connectivity index (χ0v) is 22.0. The van der Waals surface area contributed by atoms with Crippen LogP contribution in [0.25, 0.3) is 11.0 Å². The third-order valence-corrected chi connectivity index (χ3v) is 10.8. The van der Waals surface area contributed by atoms with Gasteiger partial charge in [0.05, 0.1) is 11.0 Å². The predicted octanol–water partition coefficient (Wildman–Crippen LogP) is 4.83. The van der Waals surface area contributed by atoms with Gasteiger partial charge in [-0.05, 0) is 81.8 Å². The van der Waals surface area contributed by atoms with Crippen molar-refractivity contribution in [3.05, 3.63) is 34.6 Å². The van der Waals surface area contributed by atoms with Crippen LogP contribution in [0, 0.1) is 17.8 Å². The average Bonchev–Trinajstić information content (AvgIpc) is 3.03. The van der Waals surface area contributed by atoms with Gasteiger partial charge in [0.25, 0.3) is 5.56 Å². The van der Waals surface area contributed by atoms with Gasteiger partial charge in [0.1, 0.15) is 6.04 Å². The number of hydrogen-bond donors (Lipinski definition) is 1. The highest BCUT2D eigenvalue weighted by molar-refractivity contribution is 5.81. The molecule has 4 heterocycles. The van der Waals surface area contributed by atoms with Crippen LogP contribution in [0.3, 0.4) is 0 Å². The topological polar surface area (TPSA) is 78.7 Å². The molecule has 3 aliphatic carbocycles. The van der Waals surface area contributed by atoms with Crippen molar-refractivity contribution in [1.82, 2.24) is 14.5 Å². The first-order valence-electron chi connectivity index (χ1n) is 14.8. The molecule has 7 heteroatoms. The number of carbonyl (C=O) groups is 1. The lowest BCUT2D eigenvalue weighted by molar-refractivity contribution is -0.140.